The number of nitrogens with zero attached hydrogens (tertiary/aromatic N) is 4. The van der Waals surface area contributed by atoms with E-state index < -0.39 is 62.8 Å². The summed E-state index contributed by atoms with van der Waals surface area (Å²) in [6, 6.07) is -3.36. The van der Waals surface area contributed by atoms with Gasteiger partial charge in [0.2, 0.25) is 11.8 Å². The van der Waals surface area contributed by atoms with Crippen LogP contribution in [0.25, 0.3) is 0 Å². The van der Waals surface area contributed by atoms with Crippen molar-refractivity contribution in [3.05, 3.63) is 11.1 Å². The summed E-state index contributed by atoms with van der Waals surface area (Å²) in [5.41, 5.74) is 11.4. The van der Waals surface area contributed by atoms with E-state index in [0.29, 0.717) is 26.1 Å². The summed E-state index contributed by atoms with van der Waals surface area (Å²) in [4.78, 5) is 71.7. The van der Waals surface area contributed by atoms with E-state index in [9.17, 15) is 34.2 Å². The average molecular weight is 730 g/mol. The number of hydrogen-bond acceptors (Lipinski definition) is 16. The number of nitrogens with two attached hydrogens (primary N) is 2. The summed E-state index contributed by atoms with van der Waals surface area (Å²) in [5, 5.41) is 30.3. The average Bonchev–Trinajstić information content (AvgIpc) is 3.60. The number of carbonyl (C=O) groups excluding carboxylic acids is 5. The molecule has 21 heteroatoms. The van der Waals surface area contributed by atoms with E-state index in [1.807, 2.05) is 0 Å². The molecule has 5 aliphatic rings. The molecule has 0 bridgehead atoms. The fourth-order valence-corrected chi connectivity index (χ4v) is 9.60. The SMILES string of the molecule is CC1(C)S[C@@H]2[C@@H](NC(=O)/C(=N\OC3CCOCC3)c3csc(N)n3)C(=O)N2[C@H]1C(=O)[O-].CC1(C)S[C@@H]2[C@H](N)C(=O)N2[C@H]1C(=O)[O-].[Na+].[Na+]. The van der Waals surface area contributed by atoms with Gasteiger partial charge in [0.05, 0.1) is 37.2 Å². The number of amides is 3. The Morgan fingerprint density at radius 3 is 2.04 bits per heavy atom. The Kier molecular flexibility index (Phi) is 13.2. The first kappa shape index (κ1) is 40.3. The van der Waals surface area contributed by atoms with Crippen LogP contribution in [0.2, 0.25) is 0 Å². The van der Waals surface area contributed by atoms with Gasteiger partial charge in [0.15, 0.2) is 10.8 Å². The van der Waals surface area contributed by atoms with Gasteiger partial charge in [-0.25, -0.2) is 4.98 Å². The number of β-lactam (4-membered cyclic amide) rings is 2. The molecule has 6 heterocycles. The smallest absolute Gasteiger partial charge is 0.548 e. The van der Waals surface area contributed by atoms with Gasteiger partial charge in [-0.2, -0.15) is 0 Å². The van der Waals surface area contributed by atoms with Crippen molar-refractivity contribution in [1.82, 2.24) is 20.1 Å². The van der Waals surface area contributed by atoms with Gasteiger partial charge in [-0.05, 0) is 27.7 Å². The molecule has 5 fully saturated rings. The molecule has 5 saturated heterocycles. The van der Waals surface area contributed by atoms with Crippen molar-refractivity contribution in [2.75, 3.05) is 18.9 Å². The number of aromatic nitrogens is 1. The minimum Gasteiger partial charge on any atom is -0.548 e. The first-order chi connectivity index (χ1) is 21.0. The van der Waals surface area contributed by atoms with Gasteiger partial charge in [0.1, 0.15) is 34.6 Å². The quantitative estimate of drug-likeness (QED) is 0.102. The van der Waals surface area contributed by atoms with Crippen LogP contribution in [0.5, 0.6) is 0 Å². The number of fused-ring (bicyclic) bond motifs is 2. The standard InChI is InChI=1S/C18H23N5O6S2.C8H12N2O3S.2Na/c1-18(2)12(16(26)27)23-14(25)11(15(23)31-18)21-13(24)10(9-7-30-17(19)20-9)22-29-8-3-5-28-6-4-8;1-8(2)4(7(12)13)10-5(11)3(9)6(10)14-8;;/h7-8,11-12,15H,3-6H2,1-2H3,(H2,19,20)(H,21,24)(H,26,27);3-4,6H,9H2,1-2H3,(H,12,13);;/q;;2*+1/p-2/b22-10-;;;/t11-,12-,15+;3-,4+,6-;;/m01../s1. The molecule has 1 aromatic heterocycles. The number of ether oxygens (including phenoxy) is 1. The second-order valence-electron chi connectivity index (χ2n) is 12.1. The fourth-order valence-electron chi connectivity index (χ4n) is 5.87. The Morgan fingerprint density at radius 2 is 1.53 bits per heavy atom. The van der Waals surface area contributed by atoms with Crippen LogP contribution in [0.4, 0.5) is 5.13 Å². The zero-order valence-electron chi connectivity index (χ0n) is 26.8. The summed E-state index contributed by atoms with van der Waals surface area (Å²) in [7, 11) is 0. The van der Waals surface area contributed by atoms with Crippen molar-refractivity contribution in [2.24, 2.45) is 10.9 Å². The number of thiazole rings is 1. The van der Waals surface area contributed by atoms with Crippen LogP contribution < -0.4 is 86.1 Å². The Morgan fingerprint density at radius 1 is 1.00 bits per heavy atom. The minimum atomic E-state index is -1.32. The monoisotopic (exact) mass is 729 g/mol. The molecule has 0 aromatic carbocycles. The molecule has 3 amide bonds. The Bertz CT molecular complexity index is 1440. The minimum absolute atomic E-state index is 0. The summed E-state index contributed by atoms with van der Waals surface area (Å²) < 4.78 is 4.02. The van der Waals surface area contributed by atoms with Gasteiger partial charge in [0.25, 0.3) is 5.91 Å². The van der Waals surface area contributed by atoms with Gasteiger partial charge in [-0.1, -0.05) is 5.16 Å². The van der Waals surface area contributed by atoms with Crippen LogP contribution in [-0.2, 0) is 33.5 Å². The number of nitrogens with one attached hydrogen (secondary N) is 1. The number of nitrogen functional groups attached to an aromatic ring is 1. The number of carboxylic acids is 2. The van der Waals surface area contributed by atoms with Crippen molar-refractivity contribution in [3.8, 4) is 0 Å². The number of oxime groups is 1. The zero-order valence-corrected chi connectivity index (χ0v) is 33.2. The molecule has 16 nitrogen and oxygen atoms in total. The van der Waals surface area contributed by atoms with Gasteiger partial charge >= 0.3 is 59.1 Å². The van der Waals surface area contributed by atoms with Gasteiger partial charge in [-0.3, -0.25) is 14.4 Å². The van der Waals surface area contributed by atoms with Gasteiger partial charge in [0, 0.05) is 27.7 Å². The fraction of sp³-hybridized carbons (Fsp3) is 0.654. The maximum absolute atomic E-state index is 13.0. The number of aliphatic carboxylic acids is 2. The molecule has 47 heavy (non-hydrogen) atoms. The number of carboxylic acid groups (broad SMARTS) is 2. The summed E-state index contributed by atoms with van der Waals surface area (Å²) in [6.07, 6.45) is 1.10. The number of rotatable bonds is 7. The van der Waals surface area contributed by atoms with Gasteiger partial charge in [-0.15, -0.1) is 34.9 Å². The number of thioether (sulfide) groups is 2. The molecule has 246 valence electrons. The molecule has 5 N–H and O–H groups in total. The molecule has 0 spiro atoms. The maximum Gasteiger partial charge on any atom is 1.00 e. The van der Waals surface area contributed by atoms with Crippen LogP contribution in [0.15, 0.2) is 10.5 Å². The second kappa shape index (κ2) is 15.4. The van der Waals surface area contributed by atoms with Crippen molar-refractivity contribution in [2.45, 2.75) is 91.0 Å². The number of hydrogen-bond donors (Lipinski definition) is 3. The van der Waals surface area contributed by atoms with Crippen LogP contribution in [-0.4, -0.2) is 114 Å². The van der Waals surface area contributed by atoms with E-state index in [2.05, 4.69) is 15.5 Å². The predicted octanol–water partition coefficient (Wildman–Crippen LogP) is -8.94. The van der Waals surface area contributed by atoms with Crippen LogP contribution in [0.3, 0.4) is 0 Å². The van der Waals surface area contributed by atoms with E-state index >= 15 is 0 Å². The molecule has 5 aliphatic heterocycles. The van der Waals surface area contributed by atoms with E-state index in [0.717, 1.165) is 11.3 Å². The maximum atomic E-state index is 13.0. The second-order valence-corrected chi connectivity index (χ2v) is 16.5. The number of anilines is 1. The molecule has 0 radical (unpaired) electrons. The predicted molar refractivity (Wildman–Crippen MR) is 160 cm³/mol. The summed E-state index contributed by atoms with van der Waals surface area (Å²) in [5.74, 6) is -3.94. The zero-order chi connectivity index (χ0) is 33.0. The summed E-state index contributed by atoms with van der Waals surface area (Å²) in [6.45, 7) is 8.13. The van der Waals surface area contributed by atoms with E-state index in [4.69, 9.17) is 21.0 Å². The Balaban J connectivity index is 0.000000316. The van der Waals surface area contributed by atoms with Gasteiger partial charge < -0.3 is 56.0 Å². The molecular weight excluding hydrogens is 697 g/mol. The molecule has 0 saturated carbocycles. The van der Waals surface area contributed by atoms with Crippen molar-refractivity contribution < 1.29 is 103 Å². The molecule has 0 aliphatic carbocycles. The van der Waals surface area contributed by atoms with Crippen molar-refractivity contribution >= 4 is 75.4 Å². The van der Waals surface area contributed by atoms with E-state index in [1.54, 1.807) is 33.1 Å². The largest absolute Gasteiger partial charge is 1.00 e. The summed E-state index contributed by atoms with van der Waals surface area (Å²) >= 11 is 3.88. The van der Waals surface area contributed by atoms with Crippen LogP contribution >= 0.6 is 34.9 Å². The third-order valence-electron chi connectivity index (χ3n) is 8.10. The third-order valence-corrected chi connectivity index (χ3v) is 11.9. The van der Waals surface area contributed by atoms with Crippen molar-refractivity contribution in [1.29, 1.82) is 0 Å². The number of carbonyl (C=O) groups is 5. The molecule has 6 rings (SSSR count). The topological polar surface area (TPSA) is 246 Å². The Hall–Kier alpha value is -1.13. The third kappa shape index (κ3) is 7.79. The van der Waals surface area contributed by atoms with E-state index in [-0.39, 0.29) is 93.0 Å². The molecule has 1 aromatic rings. The molecule has 6 atom stereocenters. The molecule has 0 unspecified atom stereocenters. The first-order valence-electron chi connectivity index (χ1n) is 14.1. The van der Waals surface area contributed by atoms with Crippen LogP contribution in [0, 0.1) is 0 Å². The molecular formula is C26H33N7Na2O9S3. The normalized spacial score (nSPS) is 30.2. The van der Waals surface area contributed by atoms with Crippen molar-refractivity contribution in [3.63, 3.8) is 0 Å². The first-order valence-corrected chi connectivity index (χ1v) is 16.7. The Labute approximate surface area is 327 Å². The van der Waals surface area contributed by atoms with Crippen LogP contribution in [0.1, 0.15) is 46.2 Å². The van der Waals surface area contributed by atoms with E-state index in [1.165, 1.54) is 33.3 Å².